The predicted octanol–water partition coefficient (Wildman–Crippen LogP) is 4.87. The van der Waals surface area contributed by atoms with Gasteiger partial charge in [0.05, 0.1) is 41.0 Å². The topological polar surface area (TPSA) is 81.4 Å². The number of carbonyl (C=O) groups is 1. The van der Waals surface area contributed by atoms with E-state index in [1.807, 2.05) is 25.1 Å². The van der Waals surface area contributed by atoms with Gasteiger partial charge in [-0.25, -0.2) is 9.78 Å². The summed E-state index contributed by atoms with van der Waals surface area (Å²) in [6.45, 7) is 2.96. The van der Waals surface area contributed by atoms with Crippen molar-refractivity contribution < 1.29 is 4.79 Å². The number of aryl methyl sites for hydroxylation is 1. The summed E-state index contributed by atoms with van der Waals surface area (Å²) in [4.78, 5) is 24.0. The van der Waals surface area contributed by atoms with E-state index in [9.17, 15) is 10.1 Å². The highest BCUT2D eigenvalue weighted by molar-refractivity contribution is 8.12. The molecule has 1 atom stereocenters. The van der Waals surface area contributed by atoms with Gasteiger partial charge in [-0.3, -0.25) is 9.89 Å². The van der Waals surface area contributed by atoms with E-state index in [-0.39, 0.29) is 11.4 Å². The van der Waals surface area contributed by atoms with Gasteiger partial charge in [0.2, 0.25) is 0 Å². The van der Waals surface area contributed by atoms with E-state index in [2.05, 4.69) is 16.4 Å². The number of anilines is 1. The van der Waals surface area contributed by atoms with Gasteiger partial charge in [-0.1, -0.05) is 49.6 Å². The Kier molecular flexibility index (Phi) is 6.70. The molecule has 2 aromatic rings. The highest BCUT2D eigenvalue weighted by atomic mass is 32.2. The maximum Gasteiger partial charge on any atom is 0.323 e. The normalized spacial score (nSPS) is 18.5. The number of amides is 2. The van der Waals surface area contributed by atoms with Crippen LogP contribution in [-0.2, 0) is 13.0 Å². The molecule has 0 radical (unpaired) electrons. The first-order valence-corrected chi connectivity index (χ1v) is 12.1. The van der Waals surface area contributed by atoms with Crippen LogP contribution in [0.5, 0.6) is 0 Å². The summed E-state index contributed by atoms with van der Waals surface area (Å²) in [5.74, 6) is 0.713. The van der Waals surface area contributed by atoms with Crippen molar-refractivity contribution >= 4 is 39.7 Å². The van der Waals surface area contributed by atoms with Gasteiger partial charge >= 0.3 is 6.03 Å². The van der Waals surface area contributed by atoms with Crippen LogP contribution in [0.4, 0.5) is 9.80 Å². The molecule has 30 heavy (non-hydrogen) atoms. The molecule has 0 bridgehead atoms. The number of aromatic nitrogens is 1. The Labute approximate surface area is 185 Å². The van der Waals surface area contributed by atoms with E-state index in [1.165, 1.54) is 37.4 Å². The van der Waals surface area contributed by atoms with E-state index < -0.39 is 0 Å². The van der Waals surface area contributed by atoms with Crippen LogP contribution in [-0.4, -0.2) is 28.5 Å². The van der Waals surface area contributed by atoms with E-state index >= 15 is 0 Å². The molecule has 4 rings (SSSR count). The lowest BCUT2D eigenvalue weighted by molar-refractivity contribution is 0.245. The smallest absolute Gasteiger partial charge is 0.323 e. The van der Waals surface area contributed by atoms with Crippen LogP contribution in [0.2, 0.25) is 0 Å². The number of nitriles is 1. The average Bonchev–Trinajstić information content (AvgIpc) is 3.50. The van der Waals surface area contributed by atoms with E-state index in [4.69, 9.17) is 4.98 Å². The molecule has 2 aliphatic rings. The molecule has 1 saturated carbocycles. The number of hydrogen-bond acceptors (Lipinski definition) is 6. The molecule has 1 aliphatic carbocycles. The van der Waals surface area contributed by atoms with Crippen molar-refractivity contribution in [1.29, 1.82) is 5.26 Å². The van der Waals surface area contributed by atoms with Crippen LogP contribution in [0.25, 0.3) is 0 Å². The lowest BCUT2D eigenvalue weighted by atomic mass is 10.1. The van der Waals surface area contributed by atoms with Crippen molar-refractivity contribution in [1.82, 2.24) is 10.3 Å². The molecule has 0 saturated heterocycles. The third-order valence-electron chi connectivity index (χ3n) is 5.50. The number of carbonyl (C=O) groups excluding carboxylic acids is 1. The number of hydrogen-bond donors (Lipinski definition) is 1. The summed E-state index contributed by atoms with van der Waals surface area (Å²) in [5, 5.41) is 14.2. The largest absolute Gasteiger partial charge is 0.324 e. The Morgan fingerprint density at radius 1 is 1.37 bits per heavy atom. The Hall–Kier alpha value is -2.37. The van der Waals surface area contributed by atoms with Gasteiger partial charge < -0.3 is 5.32 Å². The maximum atomic E-state index is 13.2. The molecule has 6 nitrogen and oxygen atoms in total. The van der Waals surface area contributed by atoms with Gasteiger partial charge in [0.1, 0.15) is 10.4 Å². The summed E-state index contributed by atoms with van der Waals surface area (Å²) in [7, 11) is 0. The number of rotatable bonds is 6. The van der Waals surface area contributed by atoms with Crippen molar-refractivity contribution in [2.24, 2.45) is 10.9 Å². The standard InChI is InChI=1S/C22H25N5OS2/c1-15-21(30-19(25-15)10-16-5-2-3-6-16)27(22(28)26-20-12-24-14-29-20)13-18-8-4-7-17(9-18)11-23/h4,7-9,14,16,20H,2-3,5-6,10,12-13H2,1H3,(H,26,28). The lowest BCUT2D eigenvalue weighted by Crippen LogP contribution is -2.44. The molecule has 1 fully saturated rings. The number of nitrogens with one attached hydrogen (secondary N) is 1. The minimum absolute atomic E-state index is 0.0448. The van der Waals surface area contributed by atoms with Crippen molar-refractivity contribution in [3.8, 4) is 6.07 Å². The number of urea groups is 1. The predicted molar refractivity (Wildman–Crippen MR) is 123 cm³/mol. The van der Waals surface area contributed by atoms with Gasteiger partial charge in [0.25, 0.3) is 0 Å². The Morgan fingerprint density at radius 2 is 2.20 bits per heavy atom. The molecule has 1 unspecified atom stereocenters. The van der Waals surface area contributed by atoms with Gasteiger partial charge in [0.15, 0.2) is 0 Å². The van der Waals surface area contributed by atoms with Crippen LogP contribution in [0.3, 0.4) is 0 Å². The minimum atomic E-state index is -0.153. The summed E-state index contributed by atoms with van der Waals surface area (Å²) in [6.07, 6.45) is 6.17. The van der Waals surface area contributed by atoms with Crippen LogP contribution in [0.15, 0.2) is 29.3 Å². The number of benzene rings is 1. The highest BCUT2D eigenvalue weighted by Gasteiger charge is 2.26. The fraction of sp³-hybridized carbons (Fsp3) is 0.455. The zero-order valence-corrected chi connectivity index (χ0v) is 18.6. The zero-order valence-electron chi connectivity index (χ0n) is 17.0. The van der Waals surface area contributed by atoms with Crippen LogP contribution < -0.4 is 10.2 Å². The number of thioether (sulfide) groups is 1. The summed E-state index contributed by atoms with van der Waals surface area (Å²) >= 11 is 3.14. The molecule has 1 N–H and O–H groups in total. The lowest BCUT2D eigenvalue weighted by Gasteiger charge is -2.24. The Morgan fingerprint density at radius 3 is 2.93 bits per heavy atom. The number of nitrogens with zero attached hydrogens (tertiary/aromatic N) is 4. The first-order valence-electron chi connectivity index (χ1n) is 10.3. The summed E-state index contributed by atoms with van der Waals surface area (Å²) in [5.41, 5.74) is 4.18. The van der Waals surface area contributed by atoms with Crippen molar-refractivity contribution in [2.75, 3.05) is 11.4 Å². The molecule has 2 heterocycles. The van der Waals surface area contributed by atoms with Crippen LogP contribution in [0.1, 0.15) is 47.5 Å². The average molecular weight is 440 g/mol. The monoisotopic (exact) mass is 439 g/mol. The van der Waals surface area contributed by atoms with E-state index in [0.29, 0.717) is 24.6 Å². The molecule has 156 valence electrons. The maximum absolute atomic E-state index is 13.2. The fourth-order valence-corrected chi connectivity index (χ4v) is 5.83. The van der Waals surface area contributed by atoms with Gasteiger partial charge in [-0.05, 0) is 30.5 Å². The molecular weight excluding hydrogens is 414 g/mol. The van der Waals surface area contributed by atoms with Crippen molar-refractivity contribution in [2.45, 2.75) is 50.9 Å². The van der Waals surface area contributed by atoms with Crippen LogP contribution in [0, 0.1) is 24.2 Å². The zero-order chi connectivity index (χ0) is 20.9. The molecule has 1 aliphatic heterocycles. The van der Waals surface area contributed by atoms with Gasteiger partial charge in [-0.15, -0.1) is 11.3 Å². The number of aliphatic imine (C=N–C) groups is 1. The molecule has 1 aromatic heterocycles. The first-order chi connectivity index (χ1) is 14.6. The van der Waals surface area contributed by atoms with Crippen LogP contribution >= 0.6 is 23.1 Å². The highest BCUT2D eigenvalue weighted by Crippen LogP contribution is 2.34. The third-order valence-corrected chi connectivity index (χ3v) is 7.57. The number of thiazole rings is 1. The Balaban J connectivity index is 1.57. The SMILES string of the molecule is Cc1nc(CC2CCCC2)sc1N(Cc1cccc(C#N)c1)C(=O)NC1CN=CS1. The fourth-order valence-electron chi connectivity index (χ4n) is 3.99. The van der Waals surface area contributed by atoms with Crippen molar-refractivity contribution in [3.63, 3.8) is 0 Å². The Bertz CT molecular complexity index is 966. The second-order valence-electron chi connectivity index (χ2n) is 7.80. The molecule has 8 heteroatoms. The van der Waals surface area contributed by atoms with Crippen molar-refractivity contribution in [3.05, 3.63) is 46.1 Å². The quantitative estimate of drug-likeness (QED) is 0.696. The molecule has 1 aromatic carbocycles. The second-order valence-corrected chi connectivity index (χ2v) is 9.91. The minimum Gasteiger partial charge on any atom is -0.324 e. The van der Waals surface area contributed by atoms with Gasteiger partial charge in [-0.2, -0.15) is 5.26 Å². The summed E-state index contributed by atoms with van der Waals surface area (Å²) in [6, 6.07) is 9.44. The van der Waals surface area contributed by atoms with E-state index in [0.717, 1.165) is 27.7 Å². The first kappa shape index (κ1) is 20.9. The molecule has 0 spiro atoms. The van der Waals surface area contributed by atoms with E-state index in [1.54, 1.807) is 27.8 Å². The summed E-state index contributed by atoms with van der Waals surface area (Å²) < 4.78 is 0. The molecular formula is C22H25N5OS2. The molecule has 2 amide bonds. The second kappa shape index (κ2) is 9.63. The van der Waals surface area contributed by atoms with Gasteiger partial charge in [0, 0.05) is 6.42 Å². The third kappa shape index (κ3) is 5.02.